The van der Waals surface area contributed by atoms with Crippen molar-refractivity contribution in [3.63, 3.8) is 0 Å². The molecule has 0 saturated heterocycles. The molecule has 3 aromatic heterocycles. The maximum atomic E-state index is 13.3. The lowest BCUT2D eigenvalue weighted by molar-refractivity contribution is 0.0941. The third-order valence-corrected chi connectivity index (χ3v) is 8.04. The predicted molar refractivity (Wildman–Crippen MR) is 155 cm³/mol. The number of carbonyl (C=O) groups is 2. The maximum Gasteiger partial charge on any atom is 0.277 e. The van der Waals surface area contributed by atoms with Gasteiger partial charge < -0.3 is 20.9 Å². The molecule has 1 aliphatic rings. The van der Waals surface area contributed by atoms with E-state index in [1.54, 1.807) is 25.1 Å². The van der Waals surface area contributed by atoms with Gasteiger partial charge in [0.2, 0.25) is 0 Å². The number of nitrogens with one attached hydrogen (secondary N) is 2. The Bertz CT molecular complexity index is 1590. The number of hydrogen-bond donors (Lipinski definition) is 3. The predicted octanol–water partition coefficient (Wildman–Crippen LogP) is 5.90. The number of fused-ring (bicyclic) bond motifs is 2. The third-order valence-electron chi connectivity index (χ3n) is 7.00. The van der Waals surface area contributed by atoms with Crippen LogP contribution in [0.1, 0.15) is 76.5 Å². The van der Waals surface area contributed by atoms with Crippen LogP contribution in [0.15, 0.2) is 52.6 Å². The van der Waals surface area contributed by atoms with Crippen molar-refractivity contribution in [1.29, 1.82) is 0 Å². The zero-order chi connectivity index (χ0) is 27.9. The summed E-state index contributed by atoms with van der Waals surface area (Å²) in [5, 5.41) is 10.6. The Morgan fingerprint density at radius 3 is 2.67 bits per heavy atom. The molecule has 3 heterocycles. The highest BCUT2D eigenvalue weighted by Crippen LogP contribution is 2.40. The molecule has 9 heteroatoms. The van der Waals surface area contributed by atoms with Gasteiger partial charge in [-0.25, -0.2) is 4.98 Å². The van der Waals surface area contributed by atoms with Crippen molar-refractivity contribution in [2.45, 2.75) is 47.1 Å². The van der Waals surface area contributed by atoms with Crippen molar-refractivity contribution in [2.24, 2.45) is 17.1 Å². The molecule has 1 aromatic carbocycles. The van der Waals surface area contributed by atoms with Crippen LogP contribution in [0.25, 0.3) is 16.3 Å². The minimum atomic E-state index is -0.437. The second kappa shape index (κ2) is 10.4. The maximum absolute atomic E-state index is 13.3. The fourth-order valence-electron chi connectivity index (χ4n) is 5.10. The number of hydrogen-bond acceptors (Lipinski definition) is 7. The van der Waals surface area contributed by atoms with E-state index in [2.05, 4.69) is 55.6 Å². The Labute approximate surface area is 231 Å². The van der Waals surface area contributed by atoms with Gasteiger partial charge in [0.15, 0.2) is 5.69 Å². The van der Waals surface area contributed by atoms with Crippen LogP contribution in [0.2, 0.25) is 0 Å². The van der Waals surface area contributed by atoms with Crippen molar-refractivity contribution >= 4 is 45.1 Å². The van der Waals surface area contributed by atoms with Gasteiger partial charge in [-0.05, 0) is 60.1 Å². The fourth-order valence-corrected chi connectivity index (χ4v) is 6.04. The van der Waals surface area contributed by atoms with E-state index in [-0.39, 0.29) is 29.5 Å². The first-order valence-corrected chi connectivity index (χ1v) is 13.8. The number of rotatable bonds is 6. The summed E-state index contributed by atoms with van der Waals surface area (Å²) in [7, 11) is 0. The van der Waals surface area contributed by atoms with Crippen LogP contribution in [0.4, 0.5) is 5.69 Å². The monoisotopic (exact) mass is 543 g/mol. The standard InChI is InChI=1S/C30H33N5O3S/c1-16-9-23-19(13-22(16)30(3,4)5)11-20-14-26(39-29(20)34-23)28(37)33-25(15-31)18-7-6-8-21(12-18)32-27(36)24-10-17(2)38-35-24/h6-8,10-14,16,25H,9,15,31H2,1-5H3,(H,32,36)(H,33,37)/t16?,25-/m1/s1. The van der Waals surface area contributed by atoms with E-state index in [9.17, 15) is 9.59 Å². The second-order valence-electron chi connectivity index (χ2n) is 11.1. The molecule has 0 spiro atoms. The first-order chi connectivity index (χ1) is 18.5. The first-order valence-electron chi connectivity index (χ1n) is 13.0. The number of carbonyl (C=O) groups excluding carboxylic acids is 2. The van der Waals surface area contributed by atoms with Crippen molar-refractivity contribution in [1.82, 2.24) is 15.5 Å². The molecule has 202 valence electrons. The Morgan fingerprint density at radius 2 is 1.97 bits per heavy atom. The molecule has 39 heavy (non-hydrogen) atoms. The zero-order valence-electron chi connectivity index (χ0n) is 22.8. The lowest BCUT2D eigenvalue weighted by Gasteiger charge is -2.32. The van der Waals surface area contributed by atoms with E-state index in [1.807, 2.05) is 18.2 Å². The normalized spacial score (nSPS) is 15.9. The number of thiophene rings is 1. The van der Waals surface area contributed by atoms with Gasteiger partial charge in [-0.2, -0.15) is 0 Å². The Kier molecular flexibility index (Phi) is 7.13. The molecular formula is C30H33N5O3S. The summed E-state index contributed by atoms with van der Waals surface area (Å²) in [6.45, 7) is 10.9. The molecule has 4 aromatic rings. The largest absolute Gasteiger partial charge is 0.361 e. The smallest absolute Gasteiger partial charge is 0.277 e. The molecule has 1 aliphatic carbocycles. The van der Waals surface area contributed by atoms with Crippen molar-refractivity contribution < 1.29 is 14.1 Å². The van der Waals surface area contributed by atoms with E-state index >= 15 is 0 Å². The molecule has 0 bridgehead atoms. The van der Waals surface area contributed by atoms with Crippen LogP contribution in [0.3, 0.4) is 0 Å². The molecule has 0 radical (unpaired) electrons. The summed E-state index contributed by atoms with van der Waals surface area (Å²) < 4.78 is 4.98. The van der Waals surface area contributed by atoms with Gasteiger partial charge in [0.1, 0.15) is 10.6 Å². The van der Waals surface area contributed by atoms with Gasteiger partial charge >= 0.3 is 0 Å². The van der Waals surface area contributed by atoms with Crippen LogP contribution in [-0.2, 0) is 6.42 Å². The number of pyridine rings is 1. The minimum Gasteiger partial charge on any atom is -0.361 e. The van der Waals surface area contributed by atoms with Gasteiger partial charge in [-0.15, -0.1) is 11.3 Å². The quantitative estimate of drug-likeness (QED) is 0.278. The van der Waals surface area contributed by atoms with Gasteiger partial charge in [-0.3, -0.25) is 9.59 Å². The average Bonchev–Trinajstić information content (AvgIpc) is 3.51. The average molecular weight is 544 g/mol. The Morgan fingerprint density at radius 1 is 1.18 bits per heavy atom. The molecule has 4 N–H and O–H groups in total. The highest BCUT2D eigenvalue weighted by Gasteiger charge is 2.28. The van der Waals surface area contributed by atoms with Crippen LogP contribution >= 0.6 is 11.3 Å². The second-order valence-corrected chi connectivity index (χ2v) is 12.2. The number of aromatic nitrogens is 2. The van der Waals surface area contributed by atoms with Gasteiger partial charge in [-0.1, -0.05) is 56.6 Å². The number of nitrogens with two attached hydrogens (primary N) is 1. The molecule has 1 unspecified atom stereocenters. The molecule has 5 rings (SSSR count). The van der Waals surface area contributed by atoms with E-state index in [4.69, 9.17) is 15.2 Å². The van der Waals surface area contributed by atoms with E-state index < -0.39 is 6.04 Å². The molecule has 2 amide bonds. The Balaban J connectivity index is 1.34. The molecule has 2 atom stereocenters. The third kappa shape index (κ3) is 5.65. The van der Waals surface area contributed by atoms with Crippen molar-refractivity contribution in [3.8, 4) is 0 Å². The van der Waals surface area contributed by atoms with Crippen molar-refractivity contribution in [2.75, 3.05) is 11.9 Å². The molecule has 8 nitrogen and oxygen atoms in total. The van der Waals surface area contributed by atoms with Gasteiger partial charge in [0.05, 0.1) is 10.9 Å². The summed E-state index contributed by atoms with van der Waals surface area (Å²) in [5.74, 6) is 0.392. The molecule has 0 saturated carbocycles. The van der Waals surface area contributed by atoms with Gasteiger partial charge in [0.25, 0.3) is 11.8 Å². The van der Waals surface area contributed by atoms with Crippen LogP contribution in [0.5, 0.6) is 0 Å². The van der Waals surface area contributed by atoms with E-state index in [0.29, 0.717) is 22.2 Å². The summed E-state index contributed by atoms with van der Waals surface area (Å²) in [5.41, 5.74) is 11.3. The number of nitrogens with zero attached hydrogens (tertiary/aromatic N) is 2. The topological polar surface area (TPSA) is 123 Å². The zero-order valence-corrected chi connectivity index (χ0v) is 23.6. The summed E-state index contributed by atoms with van der Waals surface area (Å²) in [4.78, 5) is 32.1. The Hall–Kier alpha value is -3.82. The lowest BCUT2D eigenvalue weighted by Crippen LogP contribution is -2.33. The number of benzene rings is 1. The molecular weight excluding hydrogens is 510 g/mol. The van der Waals surface area contributed by atoms with Crippen LogP contribution in [0, 0.1) is 18.3 Å². The number of aryl methyl sites for hydroxylation is 1. The summed E-state index contributed by atoms with van der Waals surface area (Å²) in [6, 6.07) is 12.4. The van der Waals surface area contributed by atoms with E-state index in [1.165, 1.54) is 16.9 Å². The van der Waals surface area contributed by atoms with E-state index in [0.717, 1.165) is 33.5 Å². The van der Waals surface area contributed by atoms with Gasteiger partial charge in [0, 0.05) is 29.4 Å². The highest BCUT2D eigenvalue weighted by atomic mass is 32.1. The SMILES string of the molecule is Cc1cc(C(=O)Nc2cccc([C@@H](CN)NC(=O)c3cc4cc5c(nc4s3)CC(C)C(C(C)(C)C)=C5)c2)no1. The summed E-state index contributed by atoms with van der Waals surface area (Å²) >= 11 is 1.39. The molecule has 0 aliphatic heterocycles. The van der Waals surface area contributed by atoms with Crippen LogP contribution < -0.4 is 16.4 Å². The molecule has 0 fully saturated rings. The number of allylic oxidation sites excluding steroid dienone is 1. The number of anilines is 1. The minimum absolute atomic E-state index is 0.0955. The summed E-state index contributed by atoms with van der Waals surface area (Å²) in [6.07, 6.45) is 3.17. The van der Waals surface area contributed by atoms with Crippen LogP contribution in [-0.4, -0.2) is 28.5 Å². The fraction of sp³-hybridized carbons (Fsp3) is 0.333. The number of amides is 2. The first kappa shape index (κ1) is 26.8. The lowest BCUT2D eigenvalue weighted by atomic mass is 9.74. The highest BCUT2D eigenvalue weighted by molar-refractivity contribution is 7.20. The van der Waals surface area contributed by atoms with Crippen molar-refractivity contribution in [3.05, 3.63) is 81.2 Å².